The number of hydrogen-bond donors (Lipinski definition) is 2. The lowest BCUT2D eigenvalue weighted by atomic mass is 10.0. The Balaban J connectivity index is 1.37. The van der Waals surface area contributed by atoms with Gasteiger partial charge in [0, 0.05) is 61.7 Å². The summed E-state index contributed by atoms with van der Waals surface area (Å²) in [6.45, 7) is 5.33. The number of hydrogen-bond acceptors (Lipinski definition) is 6. The molecule has 2 N–H and O–H groups in total. The van der Waals surface area contributed by atoms with Crippen LogP contribution >= 0.6 is 11.3 Å². The normalized spacial score (nSPS) is 16.0. The average molecular weight is 482 g/mol. The molecule has 0 radical (unpaired) electrons. The van der Waals surface area contributed by atoms with Crippen molar-refractivity contribution in [1.29, 1.82) is 0 Å². The van der Waals surface area contributed by atoms with Crippen LogP contribution in [-0.4, -0.2) is 53.9 Å². The molecule has 0 aliphatic carbocycles. The minimum Gasteiger partial charge on any atom is -0.369 e. The molecule has 9 heteroatoms. The van der Waals surface area contributed by atoms with Gasteiger partial charge in [0.25, 0.3) is 0 Å². The van der Waals surface area contributed by atoms with Gasteiger partial charge in [-0.15, -0.1) is 11.3 Å². The molecular formula is C25H28FN5O2S. The van der Waals surface area contributed by atoms with Crippen LogP contribution in [0.1, 0.15) is 23.4 Å². The van der Waals surface area contributed by atoms with E-state index in [0.717, 1.165) is 42.3 Å². The van der Waals surface area contributed by atoms with E-state index >= 15 is 0 Å². The second-order valence-electron chi connectivity index (χ2n) is 8.27. The minimum absolute atomic E-state index is 0.0505. The second-order valence-corrected chi connectivity index (χ2v) is 9.25. The molecule has 1 saturated heterocycles. The summed E-state index contributed by atoms with van der Waals surface area (Å²) < 4.78 is 13.3. The molecule has 3 heterocycles. The summed E-state index contributed by atoms with van der Waals surface area (Å²) in [5, 5.41) is 7.56. The third-order valence-corrected chi connectivity index (χ3v) is 6.89. The zero-order valence-electron chi connectivity index (χ0n) is 19.0. The zero-order chi connectivity index (χ0) is 23.9. The van der Waals surface area contributed by atoms with E-state index in [-0.39, 0.29) is 24.4 Å². The summed E-state index contributed by atoms with van der Waals surface area (Å²) in [7, 11) is 0. The molecule has 0 unspecified atom stereocenters. The molecule has 3 aromatic rings. The van der Waals surface area contributed by atoms with E-state index in [9.17, 15) is 14.0 Å². The van der Waals surface area contributed by atoms with Gasteiger partial charge in [-0.1, -0.05) is 12.1 Å². The highest BCUT2D eigenvalue weighted by molar-refractivity contribution is 7.10. The van der Waals surface area contributed by atoms with Crippen molar-refractivity contribution in [3.63, 3.8) is 0 Å². The summed E-state index contributed by atoms with van der Waals surface area (Å²) in [6, 6.07) is 13.9. The van der Waals surface area contributed by atoms with Gasteiger partial charge in [0.05, 0.1) is 6.04 Å². The molecule has 178 valence electrons. The van der Waals surface area contributed by atoms with Crippen LogP contribution in [-0.2, 0) is 16.1 Å². The number of anilines is 1. The predicted molar refractivity (Wildman–Crippen MR) is 131 cm³/mol. The Kier molecular flexibility index (Phi) is 7.87. The first-order chi connectivity index (χ1) is 16.5. The maximum atomic E-state index is 13.3. The van der Waals surface area contributed by atoms with Crippen LogP contribution in [0.5, 0.6) is 0 Å². The van der Waals surface area contributed by atoms with Crippen molar-refractivity contribution >= 4 is 28.8 Å². The van der Waals surface area contributed by atoms with Crippen LogP contribution in [0.15, 0.2) is 66.3 Å². The Morgan fingerprint density at radius 2 is 1.82 bits per heavy atom. The highest BCUT2D eigenvalue weighted by Gasteiger charge is 2.32. The van der Waals surface area contributed by atoms with Gasteiger partial charge in [-0.3, -0.25) is 19.5 Å². The third-order valence-electron chi connectivity index (χ3n) is 5.95. The zero-order valence-corrected chi connectivity index (χ0v) is 19.8. The number of piperazine rings is 1. The number of carbonyl (C=O) groups excluding carboxylic acids is 2. The number of carbonyl (C=O) groups is 2. The number of rotatable bonds is 7. The number of nitrogens with one attached hydrogen (secondary N) is 2. The number of amides is 2. The summed E-state index contributed by atoms with van der Waals surface area (Å²) >= 11 is 1.64. The van der Waals surface area contributed by atoms with E-state index in [1.807, 2.05) is 24.4 Å². The molecule has 1 aromatic carbocycles. The molecule has 7 nitrogen and oxygen atoms in total. The topological polar surface area (TPSA) is 77.6 Å². The summed E-state index contributed by atoms with van der Waals surface area (Å²) in [5.74, 6) is -1.56. The monoisotopic (exact) mass is 481 g/mol. The van der Waals surface area contributed by atoms with Crippen molar-refractivity contribution < 1.29 is 14.0 Å². The maximum Gasteiger partial charge on any atom is 0.309 e. The lowest BCUT2D eigenvalue weighted by Gasteiger charge is -2.42. The number of nitrogens with zero attached hydrogens (tertiary/aromatic N) is 3. The molecule has 2 atom stereocenters. The van der Waals surface area contributed by atoms with Crippen LogP contribution in [0.2, 0.25) is 0 Å². The van der Waals surface area contributed by atoms with Crippen molar-refractivity contribution in [1.82, 2.24) is 20.5 Å². The first-order valence-corrected chi connectivity index (χ1v) is 12.1. The number of benzene rings is 1. The van der Waals surface area contributed by atoms with Crippen LogP contribution in [0.3, 0.4) is 0 Å². The van der Waals surface area contributed by atoms with Crippen LogP contribution in [0, 0.1) is 5.82 Å². The quantitative estimate of drug-likeness (QED) is 0.508. The lowest BCUT2D eigenvalue weighted by molar-refractivity contribution is -0.140. The van der Waals surface area contributed by atoms with Gasteiger partial charge >= 0.3 is 11.8 Å². The van der Waals surface area contributed by atoms with E-state index in [0.29, 0.717) is 0 Å². The Hall–Kier alpha value is -3.30. The average Bonchev–Trinajstić information content (AvgIpc) is 3.38. The Bertz CT molecular complexity index is 1070. The molecule has 1 aliphatic rings. The van der Waals surface area contributed by atoms with Crippen molar-refractivity contribution in [2.75, 3.05) is 31.1 Å². The number of aromatic nitrogens is 1. The van der Waals surface area contributed by atoms with E-state index in [4.69, 9.17) is 0 Å². The van der Waals surface area contributed by atoms with Gasteiger partial charge in [-0.2, -0.15) is 0 Å². The Morgan fingerprint density at radius 3 is 2.47 bits per heavy atom. The highest BCUT2D eigenvalue weighted by Crippen LogP contribution is 2.30. The van der Waals surface area contributed by atoms with E-state index in [1.165, 1.54) is 12.1 Å². The third kappa shape index (κ3) is 5.98. The fourth-order valence-corrected chi connectivity index (χ4v) is 5.19. The fraction of sp³-hybridized carbons (Fsp3) is 0.320. The van der Waals surface area contributed by atoms with Crippen LogP contribution < -0.4 is 15.5 Å². The summed E-state index contributed by atoms with van der Waals surface area (Å²) in [4.78, 5) is 34.7. The molecule has 2 amide bonds. The van der Waals surface area contributed by atoms with E-state index in [2.05, 4.69) is 31.5 Å². The predicted octanol–water partition coefficient (Wildman–Crippen LogP) is 2.97. The summed E-state index contributed by atoms with van der Waals surface area (Å²) in [5.41, 5.74) is 1.83. The maximum absolute atomic E-state index is 13.3. The van der Waals surface area contributed by atoms with Crippen molar-refractivity contribution in [2.45, 2.75) is 25.6 Å². The molecule has 1 fully saturated rings. The molecular weight excluding hydrogens is 453 g/mol. The molecule has 1 aliphatic heterocycles. The SMILES string of the molecule is C[C@@H](NC(=O)C(=O)NCc1cccnc1)[C@H](c1cccs1)N1CCN(c2ccc(F)cc2)CC1. The molecule has 4 rings (SSSR count). The van der Waals surface area contributed by atoms with Gasteiger partial charge in [0.1, 0.15) is 5.82 Å². The Labute approximate surface area is 202 Å². The molecule has 0 spiro atoms. The van der Waals surface area contributed by atoms with E-state index in [1.54, 1.807) is 41.9 Å². The van der Waals surface area contributed by atoms with Crippen molar-refractivity contribution in [3.8, 4) is 0 Å². The second kappa shape index (κ2) is 11.2. The first kappa shape index (κ1) is 23.8. The minimum atomic E-state index is -0.665. The smallest absolute Gasteiger partial charge is 0.309 e. The standard InChI is InChI=1S/C25H28FN5O2S/c1-18(29-25(33)24(32)28-17-19-4-2-10-27-16-19)23(22-5-3-15-34-22)31-13-11-30(12-14-31)21-8-6-20(26)7-9-21/h2-10,15-16,18,23H,11-14,17H2,1H3,(H,28,32)(H,29,33)/t18-,23-/m1/s1. The van der Waals surface area contributed by atoms with Gasteiger partial charge in [-0.05, 0) is 54.3 Å². The highest BCUT2D eigenvalue weighted by atomic mass is 32.1. The fourth-order valence-electron chi connectivity index (χ4n) is 4.23. The van der Waals surface area contributed by atoms with Crippen molar-refractivity contribution in [3.05, 3.63) is 82.6 Å². The number of pyridine rings is 1. The number of thiophene rings is 1. The van der Waals surface area contributed by atoms with Gasteiger partial charge in [-0.25, -0.2) is 4.39 Å². The lowest BCUT2D eigenvalue weighted by Crippen LogP contribution is -2.53. The Morgan fingerprint density at radius 1 is 1.06 bits per heavy atom. The van der Waals surface area contributed by atoms with Gasteiger partial charge in [0.15, 0.2) is 0 Å². The number of halogens is 1. The van der Waals surface area contributed by atoms with Gasteiger partial charge < -0.3 is 15.5 Å². The van der Waals surface area contributed by atoms with E-state index < -0.39 is 11.8 Å². The first-order valence-electron chi connectivity index (χ1n) is 11.3. The summed E-state index contributed by atoms with van der Waals surface area (Å²) in [6.07, 6.45) is 3.31. The van der Waals surface area contributed by atoms with Gasteiger partial charge in [0.2, 0.25) is 0 Å². The van der Waals surface area contributed by atoms with Crippen LogP contribution in [0.4, 0.5) is 10.1 Å². The van der Waals surface area contributed by atoms with Crippen molar-refractivity contribution in [2.24, 2.45) is 0 Å². The molecule has 34 heavy (non-hydrogen) atoms. The molecule has 0 bridgehead atoms. The largest absolute Gasteiger partial charge is 0.369 e. The van der Waals surface area contributed by atoms with Crippen LogP contribution in [0.25, 0.3) is 0 Å². The molecule has 0 saturated carbocycles. The molecule has 2 aromatic heterocycles.